The van der Waals surface area contributed by atoms with Crippen LogP contribution in [0.1, 0.15) is 135 Å². The minimum absolute atomic E-state index is 0.247. The largest absolute Gasteiger partial charge is 0.465 e. The first-order valence-corrected chi connectivity index (χ1v) is 14.4. The average molecular weight is 538 g/mol. The third-order valence-electron chi connectivity index (χ3n) is 5.85. The second-order valence-corrected chi connectivity index (χ2v) is 10.0. The molecule has 0 unspecified atom stereocenters. The molecule has 0 atom stereocenters. The van der Waals surface area contributed by atoms with Crippen LogP contribution in [0.3, 0.4) is 0 Å². The number of halogens is 2. The van der Waals surface area contributed by atoms with Crippen LogP contribution >= 0.6 is 23.2 Å². The number of ether oxygens (including phenoxy) is 2. The van der Waals surface area contributed by atoms with Crippen molar-refractivity contribution >= 4 is 45.6 Å². The highest BCUT2D eigenvalue weighted by Gasteiger charge is 2.11. The zero-order valence-electron chi connectivity index (χ0n) is 21.5. The summed E-state index contributed by atoms with van der Waals surface area (Å²) < 4.78 is 10.2. The highest BCUT2D eigenvalue weighted by atomic mass is 35.5. The maximum absolute atomic E-state index is 11.7. The van der Waals surface area contributed by atoms with Gasteiger partial charge in [0, 0.05) is 12.8 Å². The molecule has 0 heterocycles. The second kappa shape index (κ2) is 25.9. The van der Waals surface area contributed by atoms with E-state index < -0.39 is 11.9 Å². The Bertz CT molecular complexity index is 520. The summed E-state index contributed by atoms with van der Waals surface area (Å²) in [7, 11) is 0. The molecule has 0 bridgehead atoms. The van der Waals surface area contributed by atoms with Gasteiger partial charge in [-0.2, -0.15) is 0 Å². The fourth-order valence-electron chi connectivity index (χ4n) is 3.80. The van der Waals surface area contributed by atoms with Crippen LogP contribution in [-0.4, -0.2) is 35.6 Å². The summed E-state index contributed by atoms with van der Waals surface area (Å²) in [6, 6.07) is 0. The number of rotatable bonds is 26. The SMILES string of the molecule is O=C(Cl)CCCCCCCCCCCOC(=O)CC(=O)OCCCCCCCCCCCC(=O)Cl. The van der Waals surface area contributed by atoms with E-state index in [0.717, 1.165) is 89.9 Å². The summed E-state index contributed by atoms with van der Waals surface area (Å²) in [4.78, 5) is 44.7. The quantitative estimate of drug-likeness (QED) is 0.0484. The molecule has 0 aliphatic heterocycles. The Morgan fingerprint density at radius 1 is 0.400 bits per heavy atom. The Kier molecular flexibility index (Phi) is 25.1. The van der Waals surface area contributed by atoms with Gasteiger partial charge in [-0.1, -0.05) is 89.9 Å². The van der Waals surface area contributed by atoms with Crippen LogP contribution in [0.5, 0.6) is 0 Å². The highest BCUT2D eigenvalue weighted by Crippen LogP contribution is 2.12. The van der Waals surface area contributed by atoms with Gasteiger partial charge in [-0.3, -0.25) is 19.2 Å². The van der Waals surface area contributed by atoms with Gasteiger partial charge in [0.05, 0.1) is 13.2 Å². The van der Waals surface area contributed by atoms with Gasteiger partial charge < -0.3 is 9.47 Å². The summed E-state index contributed by atoms with van der Waals surface area (Å²) in [6.45, 7) is 0.701. The van der Waals surface area contributed by atoms with Crippen molar-refractivity contribution < 1.29 is 28.7 Å². The first-order valence-electron chi connectivity index (χ1n) is 13.6. The molecule has 0 rings (SSSR count). The van der Waals surface area contributed by atoms with Crippen LogP contribution < -0.4 is 0 Å². The molecule has 6 nitrogen and oxygen atoms in total. The molecule has 0 aliphatic rings. The van der Waals surface area contributed by atoms with E-state index in [1.54, 1.807) is 0 Å². The van der Waals surface area contributed by atoms with Crippen molar-refractivity contribution in [3.63, 3.8) is 0 Å². The summed E-state index contributed by atoms with van der Waals surface area (Å²) in [5.41, 5.74) is 0. The van der Waals surface area contributed by atoms with E-state index in [4.69, 9.17) is 32.7 Å². The van der Waals surface area contributed by atoms with Crippen molar-refractivity contribution in [2.24, 2.45) is 0 Å². The predicted molar refractivity (Wildman–Crippen MR) is 141 cm³/mol. The summed E-state index contributed by atoms with van der Waals surface area (Å²) in [5, 5.41) is -0.494. The predicted octanol–water partition coefficient (Wildman–Crippen LogP) is 7.80. The van der Waals surface area contributed by atoms with Crippen LogP contribution in [0, 0.1) is 0 Å². The molecular weight excluding hydrogens is 491 g/mol. The Balaban J connectivity index is 3.33. The molecule has 0 amide bonds. The van der Waals surface area contributed by atoms with Crippen LogP contribution in [-0.2, 0) is 28.7 Å². The molecule has 0 aliphatic carbocycles. The van der Waals surface area contributed by atoms with Gasteiger partial charge in [-0.15, -0.1) is 0 Å². The number of esters is 2. The third-order valence-corrected chi connectivity index (χ3v) is 6.23. The normalized spacial score (nSPS) is 10.8. The topological polar surface area (TPSA) is 86.7 Å². The molecule has 0 aromatic heterocycles. The molecule has 0 fully saturated rings. The van der Waals surface area contributed by atoms with Crippen molar-refractivity contribution in [1.29, 1.82) is 0 Å². The number of carbonyl (C=O) groups is 4. The molecular formula is C27H46Cl2O6. The molecule has 35 heavy (non-hydrogen) atoms. The Morgan fingerprint density at radius 3 is 0.943 bits per heavy atom. The molecule has 0 N–H and O–H groups in total. The number of unbranched alkanes of at least 4 members (excludes halogenated alkanes) is 16. The molecule has 0 radical (unpaired) electrons. The van der Waals surface area contributed by atoms with Crippen LogP contribution in [0.25, 0.3) is 0 Å². The molecule has 204 valence electrons. The van der Waals surface area contributed by atoms with Gasteiger partial charge in [0.2, 0.25) is 10.5 Å². The lowest BCUT2D eigenvalue weighted by atomic mass is 10.1. The first-order chi connectivity index (χ1) is 16.9. The molecule has 0 saturated carbocycles. The van der Waals surface area contributed by atoms with E-state index in [1.165, 1.54) is 25.7 Å². The van der Waals surface area contributed by atoms with Crippen molar-refractivity contribution in [3.05, 3.63) is 0 Å². The summed E-state index contributed by atoms with van der Waals surface area (Å²) in [6.07, 6.45) is 19.7. The van der Waals surface area contributed by atoms with Gasteiger partial charge in [0.15, 0.2) is 0 Å². The lowest BCUT2D eigenvalue weighted by molar-refractivity contribution is -0.154. The van der Waals surface area contributed by atoms with Crippen LogP contribution in [0.2, 0.25) is 0 Å². The van der Waals surface area contributed by atoms with Crippen molar-refractivity contribution in [2.75, 3.05) is 13.2 Å². The monoisotopic (exact) mass is 536 g/mol. The Hall–Kier alpha value is -1.14. The number of carbonyl (C=O) groups excluding carboxylic acids is 4. The van der Waals surface area contributed by atoms with E-state index in [1.807, 2.05) is 0 Å². The number of hydrogen-bond acceptors (Lipinski definition) is 6. The van der Waals surface area contributed by atoms with Crippen molar-refractivity contribution in [1.82, 2.24) is 0 Å². The van der Waals surface area contributed by atoms with Gasteiger partial charge in [-0.25, -0.2) is 0 Å². The maximum Gasteiger partial charge on any atom is 0.317 e. The van der Waals surface area contributed by atoms with Gasteiger partial charge in [-0.05, 0) is 48.9 Å². The molecule has 0 aromatic rings. The molecule has 0 saturated heterocycles. The Labute approximate surface area is 222 Å². The van der Waals surface area contributed by atoms with Crippen molar-refractivity contribution in [3.8, 4) is 0 Å². The van der Waals surface area contributed by atoms with E-state index in [-0.39, 0.29) is 16.9 Å². The zero-order chi connectivity index (χ0) is 26.0. The fraction of sp³-hybridized carbons (Fsp3) is 0.852. The van der Waals surface area contributed by atoms with E-state index in [2.05, 4.69) is 0 Å². The van der Waals surface area contributed by atoms with Gasteiger partial charge in [0.1, 0.15) is 6.42 Å². The lowest BCUT2D eigenvalue weighted by Gasteiger charge is -2.06. The summed E-state index contributed by atoms with van der Waals surface area (Å²) in [5.74, 6) is -1.03. The van der Waals surface area contributed by atoms with Gasteiger partial charge in [0.25, 0.3) is 0 Å². The minimum atomic E-state index is -0.513. The lowest BCUT2D eigenvalue weighted by Crippen LogP contribution is -2.15. The van der Waals surface area contributed by atoms with Crippen LogP contribution in [0.15, 0.2) is 0 Å². The average Bonchev–Trinajstić information content (AvgIpc) is 2.80. The maximum atomic E-state index is 11.7. The third kappa shape index (κ3) is 29.0. The van der Waals surface area contributed by atoms with E-state index in [0.29, 0.717) is 26.1 Å². The zero-order valence-corrected chi connectivity index (χ0v) is 23.0. The van der Waals surface area contributed by atoms with Crippen LogP contribution in [0.4, 0.5) is 0 Å². The van der Waals surface area contributed by atoms with Crippen molar-refractivity contribution in [2.45, 2.75) is 135 Å². The van der Waals surface area contributed by atoms with E-state index >= 15 is 0 Å². The highest BCUT2D eigenvalue weighted by molar-refractivity contribution is 6.63. The van der Waals surface area contributed by atoms with E-state index in [9.17, 15) is 19.2 Å². The molecule has 0 aromatic carbocycles. The minimum Gasteiger partial charge on any atom is -0.465 e. The smallest absolute Gasteiger partial charge is 0.317 e. The number of hydrogen-bond donors (Lipinski definition) is 0. The Morgan fingerprint density at radius 2 is 0.657 bits per heavy atom. The summed E-state index contributed by atoms with van der Waals surface area (Å²) >= 11 is 10.6. The van der Waals surface area contributed by atoms with Gasteiger partial charge >= 0.3 is 11.9 Å². The molecule has 0 spiro atoms. The second-order valence-electron chi connectivity index (χ2n) is 9.19. The first kappa shape index (κ1) is 33.9. The standard InChI is InChI=1S/C27H46Cl2O6/c28-24(30)19-15-11-7-3-1-5-9-13-17-21-34-26(32)23-27(33)35-22-18-14-10-6-2-4-8-12-16-20-25(29)31/h1-23H2. The fourth-order valence-corrected chi connectivity index (χ4v) is 4.07. The molecule has 8 heteroatoms.